The zero-order chi connectivity index (χ0) is 20.0. The number of fused-ring (bicyclic) bond motifs is 2. The molecule has 2 rings (SSSR count). The second-order valence-corrected chi connectivity index (χ2v) is 7.92. The van der Waals surface area contributed by atoms with Crippen LogP contribution in [0, 0.1) is 17.8 Å². The Morgan fingerprint density at radius 1 is 0.857 bits per heavy atom. The molecule has 4 nitrogen and oxygen atoms in total. The van der Waals surface area contributed by atoms with Crippen LogP contribution in [0.1, 0.15) is 77.0 Å². The molecule has 0 spiro atoms. The minimum absolute atomic E-state index is 0.0138. The summed E-state index contributed by atoms with van der Waals surface area (Å²) >= 11 is 0. The first-order valence-corrected chi connectivity index (χ1v) is 10.8. The van der Waals surface area contributed by atoms with Gasteiger partial charge in [0.15, 0.2) is 6.26 Å². The van der Waals surface area contributed by atoms with Crippen LogP contribution in [-0.4, -0.2) is 19.2 Å². The molecule has 160 valence electrons. The van der Waals surface area contributed by atoms with E-state index in [0.717, 1.165) is 44.9 Å². The fourth-order valence-electron chi connectivity index (χ4n) is 4.13. The van der Waals surface area contributed by atoms with Crippen molar-refractivity contribution in [3.8, 4) is 0 Å². The standard InChI is InChI=1S/C22H34F2O4/c23-21(24)17-28-27-14-10-8-6-4-2-1-3-5-7-9-13-26-22(25)20-16-18-11-12-19(20)15-18/h11-12,17-20H,1-10,13-16H2. The van der Waals surface area contributed by atoms with E-state index in [0.29, 0.717) is 31.3 Å². The number of halogens is 2. The van der Waals surface area contributed by atoms with E-state index in [4.69, 9.17) is 4.74 Å². The molecule has 0 aromatic carbocycles. The van der Waals surface area contributed by atoms with Gasteiger partial charge in [-0.05, 0) is 37.5 Å². The molecule has 0 heterocycles. The smallest absolute Gasteiger partial charge is 0.309 e. The summed E-state index contributed by atoms with van der Waals surface area (Å²) in [5, 5.41) is 0. The van der Waals surface area contributed by atoms with E-state index in [2.05, 4.69) is 21.9 Å². The molecule has 6 heteroatoms. The molecule has 0 N–H and O–H groups in total. The highest BCUT2D eigenvalue weighted by Gasteiger charge is 2.40. The van der Waals surface area contributed by atoms with Crippen molar-refractivity contribution < 1.29 is 28.1 Å². The third kappa shape index (κ3) is 9.18. The SMILES string of the molecule is O=C(OCCCCCCCCCCCCOOC=C(F)F)C1CC2C=CC1C2. The lowest BCUT2D eigenvalue weighted by atomic mass is 9.94. The molecule has 1 saturated carbocycles. The number of carbonyl (C=O) groups excluding carboxylic acids is 1. The second kappa shape index (κ2) is 13.7. The Balaban J connectivity index is 1.27. The van der Waals surface area contributed by atoms with E-state index in [-0.39, 0.29) is 11.9 Å². The van der Waals surface area contributed by atoms with E-state index < -0.39 is 6.08 Å². The molecule has 0 amide bonds. The molecule has 0 aromatic rings. The Kier molecular flexibility index (Phi) is 11.2. The van der Waals surface area contributed by atoms with E-state index in [1.54, 1.807) is 0 Å². The van der Waals surface area contributed by atoms with Crippen molar-refractivity contribution in [3.05, 3.63) is 24.5 Å². The fourth-order valence-corrected chi connectivity index (χ4v) is 4.13. The van der Waals surface area contributed by atoms with Crippen LogP contribution in [-0.2, 0) is 19.3 Å². The predicted octanol–water partition coefficient (Wildman–Crippen LogP) is 6.33. The molecule has 0 aliphatic heterocycles. The predicted molar refractivity (Wildman–Crippen MR) is 103 cm³/mol. The van der Waals surface area contributed by atoms with Crippen molar-refractivity contribution in [1.29, 1.82) is 0 Å². The largest absolute Gasteiger partial charge is 0.465 e. The van der Waals surface area contributed by atoms with Crippen molar-refractivity contribution in [2.24, 2.45) is 17.8 Å². The average molecular weight is 401 g/mol. The normalized spacial score (nSPS) is 22.4. The zero-order valence-corrected chi connectivity index (χ0v) is 16.8. The maximum Gasteiger partial charge on any atom is 0.309 e. The number of hydrogen-bond donors (Lipinski definition) is 0. The number of rotatable bonds is 16. The summed E-state index contributed by atoms with van der Waals surface area (Å²) in [6.45, 7) is 0.906. The number of unbranched alkanes of at least 4 members (excludes halogenated alkanes) is 9. The van der Waals surface area contributed by atoms with E-state index in [9.17, 15) is 13.6 Å². The van der Waals surface area contributed by atoms with Gasteiger partial charge in [0.05, 0.1) is 19.1 Å². The maximum atomic E-state index is 12.1. The molecule has 2 aliphatic carbocycles. The van der Waals surface area contributed by atoms with Crippen LogP contribution in [0.2, 0.25) is 0 Å². The van der Waals surface area contributed by atoms with Gasteiger partial charge in [-0.1, -0.05) is 63.5 Å². The first-order chi connectivity index (χ1) is 13.7. The molecule has 1 fully saturated rings. The van der Waals surface area contributed by atoms with E-state index >= 15 is 0 Å². The van der Waals surface area contributed by atoms with Gasteiger partial charge in [-0.3, -0.25) is 4.79 Å². The van der Waals surface area contributed by atoms with Gasteiger partial charge >= 0.3 is 12.0 Å². The molecule has 0 aromatic heterocycles. The summed E-state index contributed by atoms with van der Waals surface area (Å²) in [7, 11) is 0. The molecule has 0 radical (unpaired) electrons. The third-order valence-corrected chi connectivity index (χ3v) is 5.65. The van der Waals surface area contributed by atoms with E-state index in [1.807, 2.05) is 0 Å². The summed E-state index contributed by atoms with van der Waals surface area (Å²) in [6.07, 6.45) is 16.1. The molecule has 2 aliphatic rings. The summed E-state index contributed by atoms with van der Waals surface area (Å²) in [5.74, 6) is 1.17. The lowest BCUT2D eigenvalue weighted by Crippen LogP contribution is -2.21. The first-order valence-electron chi connectivity index (χ1n) is 10.8. The number of ether oxygens (including phenoxy) is 1. The summed E-state index contributed by atoms with van der Waals surface area (Å²) in [5.41, 5.74) is 0. The highest BCUT2D eigenvalue weighted by molar-refractivity contribution is 5.74. The van der Waals surface area contributed by atoms with Crippen LogP contribution in [0.15, 0.2) is 24.5 Å². The molecule has 3 atom stereocenters. The van der Waals surface area contributed by atoms with Gasteiger partial charge in [0.25, 0.3) is 0 Å². The molecular weight excluding hydrogens is 366 g/mol. The van der Waals surface area contributed by atoms with Gasteiger partial charge < -0.3 is 9.62 Å². The Morgan fingerprint density at radius 2 is 1.46 bits per heavy atom. The second-order valence-electron chi connectivity index (χ2n) is 7.92. The van der Waals surface area contributed by atoms with Gasteiger partial charge in [0.2, 0.25) is 0 Å². The zero-order valence-electron chi connectivity index (χ0n) is 16.8. The van der Waals surface area contributed by atoms with Crippen LogP contribution in [0.3, 0.4) is 0 Å². The first kappa shape index (κ1) is 22.9. The molecule has 3 unspecified atom stereocenters. The lowest BCUT2D eigenvalue weighted by molar-refractivity contribution is -0.251. The Hall–Kier alpha value is -1.43. The van der Waals surface area contributed by atoms with Gasteiger partial charge in [0.1, 0.15) is 0 Å². The Morgan fingerprint density at radius 3 is 2.00 bits per heavy atom. The number of esters is 1. The average Bonchev–Trinajstić information content (AvgIpc) is 3.31. The van der Waals surface area contributed by atoms with Gasteiger partial charge in [-0.25, -0.2) is 0 Å². The fraction of sp³-hybridized carbons (Fsp3) is 0.773. The van der Waals surface area contributed by atoms with Crippen molar-refractivity contribution in [2.75, 3.05) is 13.2 Å². The summed E-state index contributed by atoms with van der Waals surface area (Å²) < 4.78 is 28.8. The highest BCUT2D eigenvalue weighted by atomic mass is 19.3. The molecule has 0 saturated heterocycles. The van der Waals surface area contributed by atoms with Crippen LogP contribution >= 0.6 is 0 Å². The topological polar surface area (TPSA) is 44.8 Å². The van der Waals surface area contributed by atoms with Crippen molar-refractivity contribution in [3.63, 3.8) is 0 Å². The number of hydrogen-bond acceptors (Lipinski definition) is 4. The van der Waals surface area contributed by atoms with Gasteiger partial charge in [0, 0.05) is 0 Å². The maximum absolute atomic E-state index is 12.1. The monoisotopic (exact) mass is 400 g/mol. The Labute approximate surface area is 167 Å². The summed E-state index contributed by atoms with van der Waals surface area (Å²) in [4.78, 5) is 20.9. The van der Waals surface area contributed by atoms with Gasteiger partial charge in [-0.15, -0.1) is 0 Å². The van der Waals surface area contributed by atoms with Crippen LogP contribution in [0.5, 0.6) is 0 Å². The molecular formula is C22H34F2O4. The quantitative estimate of drug-likeness (QED) is 0.0758. The number of allylic oxidation sites excluding steroid dienone is 2. The number of carbonyl (C=O) groups is 1. The lowest BCUT2D eigenvalue weighted by Gasteiger charge is -2.16. The molecule has 28 heavy (non-hydrogen) atoms. The summed E-state index contributed by atoms with van der Waals surface area (Å²) in [6, 6.07) is 0. The van der Waals surface area contributed by atoms with Crippen LogP contribution in [0.25, 0.3) is 0 Å². The third-order valence-electron chi connectivity index (χ3n) is 5.65. The van der Waals surface area contributed by atoms with Crippen LogP contribution in [0.4, 0.5) is 8.78 Å². The van der Waals surface area contributed by atoms with Crippen molar-refractivity contribution >= 4 is 5.97 Å². The van der Waals surface area contributed by atoms with E-state index in [1.165, 1.54) is 32.1 Å². The Bertz CT molecular complexity index is 503. The minimum atomic E-state index is -1.89. The van der Waals surface area contributed by atoms with Crippen molar-refractivity contribution in [1.82, 2.24) is 0 Å². The highest BCUT2D eigenvalue weighted by Crippen LogP contribution is 2.43. The van der Waals surface area contributed by atoms with Crippen molar-refractivity contribution in [2.45, 2.75) is 77.0 Å². The van der Waals surface area contributed by atoms with Gasteiger partial charge in [-0.2, -0.15) is 13.7 Å². The molecule has 2 bridgehead atoms. The minimum Gasteiger partial charge on any atom is -0.465 e. The van der Waals surface area contributed by atoms with Crippen LogP contribution < -0.4 is 0 Å².